The van der Waals surface area contributed by atoms with Gasteiger partial charge in [0, 0.05) is 25.7 Å². The van der Waals surface area contributed by atoms with Gasteiger partial charge in [-0.2, -0.15) is 0 Å². The lowest BCUT2D eigenvalue weighted by Crippen LogP contribution is -2.30. The van der Waals surface area contributed by atoms with Crippen LogP contribution in [-0.2, 0) is 65.4 Å². The van der Waals surface area contributed by atoms with Gasteiger partial charge in [0.2, 0.25) is 0 Å². The van der Waals surface area contributed by atoms with E-state index in [2.05, 4.69) is 41.5 Å². The molecule has 0 aliphatic rings. The molecule has 3 N–H and O–H groups in total. The number of rotatable bonds is 75. The fourth-order valence-corrected chi connectivity index (χ4v) is 13.2. The highest BCUT2D eigenvalue weighted by Crippen LogP contribution is 2.45. The summed E-state index contributed by atoms with van der Waals surface area (Å²) in [6.45, 7) is 9.62. The molecular formula is C76H148O17P2. The van der Waals surface area contributed by atoms with Crippen LogP contribution in [0, 0.1) is 11.8 Å². The number of aliphatic hydroxyl groups excluding tert-OH is 1. The molecule has 19 heteroatoms. The molecule has 0 fully saturated rings. The van der Waals surface area contributed by atoms with Crippen LogP contribution < -0.4 is 0 Å². The molecule has 0 saturated carbocycles. The lowest BCUT2D eigenvalue weighted by molar-refractivity contribution is -0.161. The largest absolute Gasteiger partial charge is 0.472 e. The van der Waals surface area contributed by atoms with Gasteiger partial charge in [-0.15, -0.1) is 0 Å². The maximum absolute atomic E-state index is 13.1. The van der Waals surface area contributed by atoms with Gasteiger partial charge in [-0.05, 0) is 37.5 Å². The smallest absolute Gasteiger partial charge is 0.462 e. The summed E-state index contributed by atoms with van der Waals surface area (Å²) in [5.41, 5.74) is 0. The first-order valence-electron chi connectivity index (χ1n) is 39.5. The van der Waals surface area contributed by atoms with Crippen molar-refractivity contribution < 1.29 is 80.2 Å². The number of unbranched alkanes of at least 4 members (excludes halogenated alkanes) is 44. The SMILES string of the molecule is CCCCCCCCCCCC(=O)O[C@H](COC(=O)CCCCCCCCC)COP(=O)(O)OC[C@H](O)COP(=O)(O)OC[C@@H](COC(=O)CCCCCCCCCCCCCCCCC(C)C)OC(=O)CCCCCCCCCCCCCCCCCCCCC(C)CC. The fourth-order valence-electron chi connectivity index (χ4n) is 11.6. The first-order chi connectivity index (χ1) is 45.9. The minimum absolute atomic E-state index is 0.106. The third-order valence-electron chi connectivity index (χ3n) is 18.1. The summed E-state index contributed by atoms with van der Waals surface area (Å²) < 4.78 is 68.3. The summed E-state index contributed by atoms with van der Waals surface area (Å²) in [5.74, 6) is -0.452. The second kappa shape index (κ2) is 67.9. The van der Waals surface area contributed by atoms with Crippen LogP contribution >= 0.6 is 15.6 Å². The Morgan fingerprint density at radius 2 is 0.537 bits per heavy atom. The van der Waals surface area contributed by atoms with Crippen LogP contribution in [0.1, 0.15) is 395 Å². The van der Waals surface area contributed by atoms with Gasteiger partial charge >= 0.3 is 39.5 Å². The average Bonchev–Trinajstić information content (AvgIpc) is 1.73. The average molecular weight is 1400 g/mol. The highest BCUT2D eigenvalue weighted by molar-refractivity contribution is 7.47. The van der Waals surface area contributed by atoms with Crippen molar-refractivity contribution in [3.05, 3.63) is 0 Å². The molecule has 0 aromatic carbocycles. The normalized spacial score (nSPS) is 14.3. The van der Waals surface area contributed by atoms with Crippen molar-refractivity contribution in [1.29, 1.82) is 0 Å². The summed E-state index contributed by atoms with van der Waals surface area (Å²) in [7, 11) is -9.90. The van der Waals surface area contributed by atoms with Crippen molar-refractivity contribution in [3.63, 3.8) is 0 Å². The summed E-state index contributed by atoms with van der Waals surface area (Å²) in [6, 6.07) is 0. The molecule has 0 spiro atoms. The van der Waals surface area contributed by atoms with E-state index in [1.54, 1.807) is 0 Å². The molecule has 95 heavy (non-hydrogen) atoms. The Bertz CT molecular complexity index is 1840. The molecule has 0 radical (unpaired) electrons. The third kappa shape index (κ3) is 69.0. The van der Waals surface area contributed by atoms with Gasteiger partial charge in [0.15, 0.2) is 12.2 Å². The quantitative estimate of drug-likeness (QED) is 0.0222. The molecule has 0 amide bonds. The topological polar surface area (TPSA) is 237 Å². The summed E-state index contributed by atoms with van der Waals surface area (Å²) in [5, 5.41) is 10.6. The minimum Gasteiger partial charge on any atom is -0.462 e. The number of hydrogen-bond acceptors (Lipinski definition) is 15. The molecule has 564 valence electrons. The van der Waals surface area contributed by atoms with E-state index in [0.29, 0.717) is 25.7 Å². The standard InChI is InChI=1S/C76H148O17P2/c1-7-10-12-14-16-33-42-48-54-60-75(80)92-71(64-86-73(78)58-52-46-38-15-13-11-8-2)66-90-94(82,83)88-62-70(77)63-89-95(84,85)91-67-72(65-87-74(79)59-53-47-41-36-31-27-24-23-25-29-34-39-44-50-56-68(4)5)93-76(81)61-55-49-43-37-32-28-22-20-18-17-19-21-26-30-35-40-45-51-57-69(6)9-3/h68-72,77H,7-67H2,1-6H3,(H,82,83)(H,84,85)/t69?,70-,71+,72+/m0/s1. The van der Waals surface area contributed by atoms with Crippen LogP contribution in [0.3, 0.4) is 0 Å². The van der Waals surface area contributed by atoms with Gasteiger partial charge in [-0.1, -0.05) is 343 Å². The number of carbonyl (C=O) groups excluding carboxylic acids is 4. The Balaban J connectivity index is 5.13. The number of ether oxygens (including phenoxy) is 4. The maximum Gasteiger partial charge on any atom is 0.472 e. The second-order valence-corrected chi connectivity index (χ2v) is 31.0. The van der Waals surface area contributed by atoms with E-state index in [1.807, 2.05) is 0 Å². The Kier molecular flexibility index (Phi) is 66.5. The van der Waals surface area contributed by atoms with Crippen molar-refractivity contribution in [2.24, 2.45) is 11.8 Å². The minimum atomic E-state index is -4.96. The van der Waals surface area contributed by atoms with Crippen molar-refractivity contribution in [3.8, 4) is 0 Å². The number of carbonyl (C=O) groups is 4. The van der Waals surface area contributed by atoms with Gasteiger partial charge < -0.3 is 33.8 Å². The predicted octanol–water partition coefficient (Wildman–Crippen LogP) is 22.3. The number of phosphoric ester groups is 2. The van der Waals surface area contributed by atoms with Gasteiger partial charge in [0.1, 0.15) is 19.3 Å². The summed E-state index contributed by atoms with van der Waals surface area (Å²) in [6.07, 6.45) is 55.7. The van der Waals surface area contributed by atoms with Crippen molar-refractivity contribution in [1.82, 2.24) is 0 Å². The van der Waals surface area contributed by atoms with Gasteiger partial charge in [0.25, 0.3) is 0 Å². The molecule has 0 aliphatic carbocycles. The Morgan fingerprint density at radius 3 is 0.800 bits per heavy atom. The number of phosphoric acid groups is 2. The van der Waals surface area contributed by atoms with Gasteiger partial charge in [0.05, 0.1) is 26.4 Å². The molecule has 0 aliphatic heterocycles. The Hall–Kier alpha value is -1.94. The molecule has 0 heterocycles. The van der Waals surface area contributed by atoms with E-state index < -0.39 is 97.5 Å². The molecule has 0 saturated heterocycles. The van der Waals surface area contributed by atoms with Crippen LogP contribution in [0.15, 0.2) is 0 Å². The monoisotopic (exact) mass is 1400 g/mol. The summed E-state index contributed by atoms with van der Waals surface area (Å²) in [4.78, 5) is 72.5. The molecule has 6 atom stereocenters. The first-order valence-corrected chi connectivity index (χ1v) is 42.5. The zero-order valence-electron chi connectivity index (χ0n) is 62.0. The van der Waals surface area contributed by atoms with E-state index in [1.165, 1.54) is 199 Å². The third-order valence-corrected chi connectivity index (χ3v) is 20.0. The maximum atomic E-state index is 13.1. The zero-order valence-corrected chi connectivity index (χ0v) is 63.8. The lowest BCUT2D eigenvalue weighted by atomic mass is 9.99. The van der Waals surface area contributed by atoms with Crippen LogP contribution in [-0.4, -0.2) is 96.7 Å². The Morgan fingerprint density at radius 1 is 0.305 bits per heavy atom. The van der Waals surface area contributed by atoms with Crippen molar-refractivity contribution in [2.75, 3.05) is 39.6 Å². The van der Waals surface area contributed by atoms with Crippen molar-refractivity contribution >= 4 is 39.5 Å². The summed E-state index contributed by atoms with van der Waals surface area (Å²) >= 11 is 0. The highest BCUT2D eigenvalue weighted by atomic mass is 31.2. The van der Waals surface area contributed by atoms with E-state index >= 15 is 0 Å². The molecular weight excluding hydrogens is 1250 g/mol. The highest BCUT2D eigenvalue weighted by Gasteiger charge is 2.30. The van der Waals surface area contributed by atoms with Gasteiger partial charge in [-0.3, -0.25) is 37.3 Å². The number of aliphatic hydroxyl groups is 1. The van der Waals surface area contributed by atoms with Crippen LogP contribution in [0.2, 0.25) is 0 Å². The lowest BCUT2D eigenvalue weighted by Gasteiger charge is -2.21. The van der Waals surface area contributed by atoms with Crippen LogP contribution in [0.25, 0.3) is 0 Å². The van der Waals surface area contributed by atoms with E-state index in [0.717, 1.165) is 115 Å². The zero-order chi connectivity index (χ0) is 70.0. The molecule has 0 aromatic heterocycles. The molecule has 3 unspecified atom stereocenters. The molecule has 0 aromatic rings. The predicted molar refractivity (Wildman–Crippen MR) is 386 cm³/mol. The van der Waals surface area contributed by atoms with Crippen LogP contribution in [0.4, 0.5) is 0 Å². The van der Waals surface area contributed by atoms with E-state index in [4.69, 9.17) is 37.0 Å². The van der Waals surface area contributed by atoms with Gasteiger partial charge in [-0.25, -0.2) is 9.13 Å². The number of esters is 4. The van der Waals surface area contributed by atoms with Crippen LogP contribution in [0.5, 0.6) is 0 Å². The molecule has 0 bridgehead atoms. The van der Waals surface area contributed by atoms with E-state index in [-0.39, 0.29) is 25.7 Å². The second-order valence-electron chi connectivity index (χ2n) is 28.1. The van der Waals surface area contributed by atoms with E-state index in [9.17, 15) is 43.2 Å². The molecule has 0 rings (SSSR count). The number of hydrogen-bond donors (Lipinski definition) is 3. The molecule has 17 nitrogen and oxygen atoms in total. The fraction of sp³-hybridized carbons (Fsp3) is 0.947. The first kappa shape index (κ1) is 93.1. The van der Waals surface area contributed by atoms with Crippen molar-refractivity contribution in [2.45, 2.75) is 413 Å². The Labute approximate surface area is 581 Å².